The number of carbonyl (C=O) groups excluding carboxylic acids is 2. The van der Waals surface area contributed by atoms with Gasteiger partial charge in [-0.2, -0.15) is 0 Å². The number of methoxy groups -OCH3 is 1. The van der Waals surface area contributed by atoms with Gasteiger partial charge in [0.15, 0.2) is 0 Å². The van der Waals surface area contributed by atoms with E-state index in [0.717, 1.165) is 7.11 Å². The van der Waals surface area contributed by atoms with E-state index in [4.69, 9.17) is 0 Å². The Balaban J connectivity index is 2.71. The molecule has 1 unspecified atom stereocenters. The Morgan fingerprint density at radius 2 is 2.23 bits per heavy atom. The average Bonchev–Trinajstić information content (AvgIpc) is 2.08. The second-order valence-corrected chi connectivity index (χ2v) is 3.10. The third-order valence-corrected chi connectivity index (χ3v) is 2.11. The highest BCUT2D eigenvalue weighted by Gasteiger charge is 2.44. The molecule has 13 heavy (non-hydrogen) atoms. The van der Waals surface area contributed by atoms with Gasteiger partial charge in [-0.3, -0.25) is 9.59 Å². The number of Topliss-reactive ketones (excluding diaryl/α,β-unsaturated/α-hetero) is 1. The molecule has 1 saturated carbocycles. The first-order valence-electron chi connectivity index (χ1n) is 3.94. The van der Waals surface area contributed by atoms with Gasteiger partial charge in [-0.05, 0) is 0 Å². The highest BCUT2D eigenvalue weighted by atomic mass is 19.3. The Morgan fingerprint density at radius 1 is 1.62 bits per heavy atom. The van der Waals surface area contributed by atoms with Crippen LogP contribution < -0.4 is 0 Å². The van der Waals surface area contributed by atoms with Gasteiger partial charge in [0, 0.05) is 19.3 Å². The SMILES string of the molecule is COC(=O)C1CC(F)(F)CCC1=O. The Bertz CT molecular complexity index is 230. The van der Waals surface area contributed by atoms with Crippen LogP contribution in [0, 0.1) is 5.92 Å². The molecule has 1 aliphatic carbocycles. The Labute approximate surface area is 74.1 Å². The van der Waals surface area contributed by atoms with E-state index >= 15 is 0 Å². The molecule has 0 amide bonds. The van der Waals surface area contributed by atoms with Crippen LogP contribution in [0.5, 0.6) is 0 Å². The fourth-order valence-corrected chi connectivity index (χ4v) is 1.35. The maximum Gasteiger partial charge on any atom is 0.316 e. The van der Waals surface area contributed by atoms with Crippen molar-refractivity contribution in [2.24, 2.45) is 5.92 Å². The Hall–Kier alpha value is -1.00. The van der Waals surface area contributed by atoms with Crippen LogP contribution in [0.25, 0.3) is 0 Å². The molecule has 1 atom stereocenters. The Morgan fingerprint density at radius 3 is 2.77 bits per heavy atom. The molecular weight excluding hydrogens is 182 g/mol. The summed E-state index contributed by atoms with van der Waals surface area (Å²) in [4.78, 5) is 21.9. The molecule has 1 fully saturated rings. The predicted octanol–water partition coefficient (Wildman–Crippen LogP) is 1.16. The highest BCUT2D eigenvalue weighted by molar-refractivity contribution is 5.99. The molecule has 0 N–H and O–H groups in total. The van der Waals surface area contributed by atoms with Gasteiger partial charge in [0.05, 0.1) is 7.11 Å². The first-order chi connectivity index (χ1) is 5.96. The summed E-state index contributed by atoms with van der Waals surface area (Å²) in [7, 11) is 1.09. The molecule has 0 bridgehead atoms. The zero-order valence-electron chi connectivity index (χ0n) is 7.18. The van der Waals surface area contributed by atoms with Crippen molar-refractivity contribution in [2.75, 3.05) is 7.11 Å². The molecule has 0 aromatic carbocycles. The summed E-state index contributed by atoms with van der Waals surface area (Å²) < 4.78 is 29.8. The standard InChI is InChI=1S/C8H10F2O3/c1-13-7(12)5-4-8(9,10)3-2-6(5)11/h5H,2-4H2,1H3. The van der Waals surface area contributed by atoms with Crippen molar-refractivity contribution >= 4 is 11.8 Å². The van der Waals surface area contributed by atoms with Gasteiger partial charge in [-0.1, -0.05) is 0 Å². The third-order valence-electron chi connectivity index (χ3n) is 2.11. The van der Waals surface area contributed by atoms with Crippen LogP contribution >= 0.6 is 0 Å². The third kappa shape index (κ3) is 2.23. The lowest BCUT2D eigenvalue weighted by molar-refractivity contribution is -0.158. The van der Waals surface area contributed by atoms with E-state index in [1.165, 1.54) is 0 Å². The number of hydrogen-bond donors (Lipinski definition) is 0. The number of carbonyl (C=O) groups is 2. The molecule has 74 valence electrons. The number of rotatable bonds is 1. The summed E-state index contributed by atoms with van der Waals surface area (Å²) in [5.74, 6) is -5.48. The van der Waals surface area contributed by atoms with E-state index in [1.807, 2.05) is 0 Å². The summed E-state index contributed by atoms with van der Waals surface area (Å²) in [5.41, 5.74) is 0. The summed E-state index contributed by atoms with van der Waals surface area (Å²) >= 11 is 0. The van der Waals surface area contributed by atoms with Crippen LogP contribution in [0.3, 0.4) is 0 Å². The molecule has 0 saturated heterocycles. The normalized spacial score (nSPS) is 27.0. The molecule has 0 heterocycles. The number of esters is 1. The van der Waals surface area contributed by atoms with Crippen molar-refractivity contribution in [1.82, 2.24) is 0 Å². The first kappa shape index (κ1) is 10.1. The van der Waals surface area contributed by atoms with Crippen molar-refractivity contribution in [1.29, 1.82) is 0 Å². The van der Waals surface area contributed by atoms with Gasteiger partial charge in [-0.15, -0.1) is 0 Å². The van der Waals surface area contributed by atoms with Gasteiger partial charge in [-0.25, -0.2) is 8.78 Å². The van der Waals surface area contributed by atoms with Gasteiger partial charge in [0.2, 0.25) is 5.92 Å². The lowest BCUT2D eigenvalue weighted by Crippen LogP contribution is -2.37. The average molecular weight is 192 g/mol. The van der Waals surface area contributed by atoms with Gasteiger partial charge < -0.3 is 4.74 Å². The number of alkyl halides is 2. The van der Waals surface area contributed by atoms with Crippen LogP contribution in [-0.4, -0.2) is 24.8 Å². The van der Waals surface area contributed by atoms with Gasteiger partial charge >= 0.3 is 5.97 Å². The van der Waals surface area contributed by atoms with Crippen LogP contribution in [0.4, 0.5) is 8.78 Å². The quantitative estimate of drug-likeness (QED) is 0.462. The smallest absolute Gasteiger partial charge is 0.316 e. The summed E-state index contributed by atoms with van der Waals surface area (Å²) in [5, 5.41) is 0. The summed E-state index contributed by atoms with van der Waals surface area (Å²) in [6.45, 7) is 0. The second kappa shape index (κ2) is 3.40. The zero-order valence-corrected chi connectivity index (χ0v) is 7.18. The second-order valence-electron chi connectivity index (χ2n) is 3.10. The van der Waals surface area contributed by atoms with Crippen molar-refractivity contribution < 1.29 is 23.1 Å². The van der Waals surface area contributed by atoms with E-state index in [2.05, 4.69) is 4.74 Å². The topological polar surface area (TPSA) is 43.4 Å². The molecule has 1 rings (SSSR count). The number of hydrogen-bond acceptors (Lipinski definition) is 3. The van der Waals surface area contributed by atoms with Crippen molar-refractivity contribution in [3.8, 4) is 0 Å². The summed E-state index contributed by atoms with van der Waals surface area (Å²) in [6.07, 6.45) is -1.41. The molecule has 0 aromatic heterocycles. The molecule has 5 heteroatoms. The maximum atomic E-state index is 12.8. The predicted molar refractivity (Wildman–Crippen MR) is 39.3 cm³/mol. The van der Waals surface area contributed by atoms with Crippen molar-refractivity contribution in [3.05, 3.63) is 0 Å². The lowest BCUT2D eigenvalue weighted by Gasteiger charge is -2.25. The van der Waals surface area contributed by atoms with Gasteiger partial charge in [0.25, 0.3) is 0 Å². The van der Waals surface area contributed by atoms with E-state index in [9.17, 15) is 18.4 Å². The van der Waals surface area contributed by atoms with Crippen LogP contribution in [0.15, 0.2) is 0 Å². The molecular formula is C8H10F2O3. The minimum absolute atomic E-state index is 0.243. The summed E-state index contributed by atoms with van der Waals surface area (Å²) in [6, 6.07) is 0. The number of ketones is 1. The van der Waals surface area contributed by atoms with Gasteiger partial charge in [0.1, 0.15) is 11.7 Å². The fraction of sp³-hybridized carbons (Fsp3) is 0.750. The minimum Gasteiger partial charge on any atom is -0.468 e. The minimum atomic E-state index is -2.91. The van der Waals surface area contributed by atoms with E-state index in [0.29, 0.717) is 0 Å². The molecule has 0 aromatic rings. The van der Waals surface area contributed by atoms with Crippen LogP contribution in [0.1, 0.15) is 19.3 Å². The van der Waals surface area contributed by atoms with Crippen molar-refractivity contribution in [2.45, 2.75) is 25.2 Å². The highest BCUT2D eigenvalue weighted by Crippen LogP contribution is 2.35. The monoisotopic (exact) mass is 192 g/mol. The largest absolute Gasteiger partial charge is 0.468 e. The molecule has 0 spiro atoms. The Kier molecular flexibility index (Phi) is 2.63. The number of ether oxygens (including phenoxy) is 1. The van der Waals surface area contributed by atoms with Crippen LogP contribution in [-0.2, 0) is 14.3 Å². The van der Waals surface area contributed by atoms with E-state index in [-0.39, 0.29) is 6.42 Å². The first-order valence-corrected chi connectivity index (χ1v) is 3.94. The molecule has 1 aliphatic rings. The molecule has 0 radical (unpaired) electrons. The maximum absolute atomic E-state index is 12.8. The van der Waals surface area contributed by atoms with E-state index in [1.54, 1.807) is 0 Å². The molecule has 3 nitrogen and oxygen atoms in total. The fourth-order valence-electron chi connectivity index (χ4n) is 1.35. The molecule has 0 aliphatic heterocycles. The van der Waals surface area contributed by atoms with Crippen LogP contribution in [0.2, 0.25) is 0 Å². The van der Waals surface area contributed by atoms with E-state index < -0.39 is 36.4 Å². The zero-order chi connectivity index (χ0) is 10.1. The lowest BCUT2D eigenvalue weighted by atomic mass is 9.85. The number of halogens is 2. The van der Waals surface area contributed by atoms with Crippen molar-refractivity contribution in [3.63, 3.8) is 0 Å².